The van der Waals surface area contributed by atoms with Crippen molar-refractivity contribution in [1.29, 1.82) is 5.26 Å². The number of unbranched alkanes of at least 4 members (excludes halogenated alkanes) is 1. The molecule has 0 aliphatic heterocycles. The van der Waals surface area contributed by atoms with Crippen molar-refractivity contribution < 1.29 is 0 Å². The summed E-state index contributed by atoms with van der Waals surface area (Å²) in [6.07, 6.45) is 2.51. The predicted molar refractivity (Wildman–Crippen MR) is 80.1 cm³/mol. The molecule has 1 nitrogen and oxygen atoms in total. The summed E-state index contributed by atoms with van der Waals surface area (Å²) >= 11 is 3.46. The number of hydrogen-bond acceptors (Lipinski definition) is 3. The zero-order valence-corrected chi connectivity index (χ0v) is 12.0. The van der Waals surface area contributed by atoms with Crippen LogP contribution >= 0.6 is 23.1 Å². The van der Waals surface area contributed by atoms with E-state index in [1.54, 1.807) is 11.3 Å². The van der Waals surface area contributed by atoms with Crippen molar-refractivity contribution in [3.05, 3.63) is 41.3 Å². The zero-order chi connectivity index (χ0) is 12.8. The van der Waals surface area contributed by atoms with Gasteiger partial charge in [0.05, 0.1) is 0 Å². The molecule has 1 heterocycles. The van der Waals surface area contributed by atoms with Crippen molar-refractivity contribution in [2.45, 2.75) is 24.7 Å². The number of nitriles is 1. The SMILES string of the molecule is CCCCSc1ccc(-c2ccc(C#N)s2)cc1. The van der Waals surface area contributed by atoms with E-state index >= 15 is 0 Å². The fourth-order valence-electron chi connectivity index (χ4n) is 1.60. The van der Waals surface area contributed by atoms with Crippen LogP contribution in [0.4, 0.5) is 0 Å². The quantitative estimate of drug-likeness (QED) is 0.553. The Labute approximate surface area is 116 Å². The van der Waals surface area contributed by atoms with E-state index in [9.17, 15) is 0 Å². The molecule has 0 bridgehead atoms. The van der Waals surface area contributed by atoms with Crippen LogP contribution < -0.4 is 0 Å². The lowest BCUT2D eigenvalue weighted by atomic mass is 10.2. The van der Waals surface area contributed by atoms with Gasteiger partial charge in [0.25, 0.3) is 0 Å². The Morgan fingerprint density at radius 2 is 1.94 bits per heavy atom. The van der Waals surface area contributed by atoms with Crippen LogP contribution in [0.2, 0.25) is 0 Å². The summed E-state index contributed by atoms with van der Waals surface area (Å²) in [5, 5.41) is 8.82. The van der Waals surface area contributed by atoms with Crippen molar-refractivity contribution in [2.24, 2.45) is 0 Å². The summed E-state index contributed by atoms with van der Waals surface area (Å²) in [6.45, 7) is 2.22. The van der Waals surface area contributed by atoms with E-state index in [0.29, 0.717) is 0 Å². The lowest BCUT2D eigenvalue weighted by Crippen LogP contribution is -1.78. The number of thioether (sulfide) groups is 1. The van der Waals surface area contributed by atoms with Crippen LogP contribution in [0.25, 0.3) is 10.4 Å². The highest BCUT2D eigenvalue weighted by atomic mass is 32.2. The predicted octanol–water partition coefficient (Wildman–Crippen LogP) is 5.18. The molecule has 0 N–H and O–H groups in total. The van der Waals surface area contributed by atoms with Gasteiger partial charge in [-0.1, -0.05) is 25.5 Å². The maximum atomic E-state index is 8.82. The Kier molecular flexibility index (Phi) is 4.86. The molecule has 0 spiro atoms. The molecule has 1 aromatic carbocycles. The average Bonchev–Trinajstić information content (AvgIpc) is 2.89. The molecule has 92 valence electrons. The van der Waals surface area contributed by atoms with Gasteiger partial charge < -0.3 is 0 Å². The second-order valence-electron chi connectivity index (χ2n) is 4.00. The van der Waals surface area contributed by atoms with Crippen molar-refractivity contribution in [2.75, 3.05) is 5.75 Å². The Hall–Kier alpha value is -1.24. The fraction of sp³-hybridized carbons (Fsp3) is 0.267. The Morgan fingerprint density at radius 1 is 1.17 bits per heavy atom. The molecule has 0 aliphatic carbocycles. The van der Waals surface area contributed by atoms with Crippen LogP contribution in [0.5, 0.6) is 0 Å². The molecule has 1 aromatic heterocycles. The molecule has 3 heteroatoms. The lowest BCUT2D eigenvalue weighted by Gasteiger charge is -2.02. The Balaban J connectivity index is 2.05. The van der Waals surface area contributed by atoms with Gasteiger partial charge in [-0.05, 0) is 42.0 Å². The van der Waals surface area contributed by atoms with Gasteiger partial charge in [-0.15, -0.1) is 23.1 Å². The smallest absolute Gasteiger partial charge is 0.110 e. The minimum absolute atomic E-state index is 0.770. The van der Waals surface area contributed by atoms with Gasteiger partial charge in [0.15, 0.2) is 0 Å². The molecule has 0 aliphatic rings. The number of nitrogens with zero attached hydrogens (tertiary/aromatic N) is 1. The van der Waals surface area contributed by atoms with Crippen LogP contribution in [-0.4, -0.2) is 5.75 Å². The van der Waals surface area contributed by atoms with Gasteiger partial charge in [-0.3, -0.25) is 0 Å². The summed E-state index contributed by atoms with van der Waals surface area (Å²) in [5.41, 5.74) is 1.20. The number of thiophene rings is 1. The van der Waals surface area contributed by atoms with E-state index in [4.69, 9.17) is 5.26 Å². The van der Waals surface area contributed by atoms with E-state index in [1.807, 2.05) is 23.9 Å². The largest absolute Gasteiger partial charge is 0.192 e. The Bertz CT molecular complexity index is 534. The van der Waals surface area contributed by atoms with Gasteiger partial charge in [-0.2, -0.15) is 5.26 Å². The standard InChI is InChI=1S/C15H15NS2/c1-2-3-10-17-13-6-4-12(5-7-13)15-9-8-14(11-16)18-15/h4-9H,2-3,10H2,1H3. The van der Waals surface area contributed by atoms with Gasteiger partial charge in [0, 0.05) is 9.77 Å². The summed E-state index contributed by atoms with van der Waals surface area (Å²) < 4.78 is 0. The number of rotatable bonds is 5. The minimum atomic E-state index is 0.770. The average molecular weight is 273 g/mol. The van der Waals surface area contributed by atoms with Gasteiger partial charge >= 0.3 is 0 Å². The van der Waals surface area contributed by atoms with Crippen LogP contribution in [0.1, 0.15) is 24.6 Å². The van der Waals surface area contributed by atoms with E-state index in [0.717, 1.165) is 9.75 Å². The van der Waals surface area contributed by atoms with E-state index in [2.05, 4.69) is 37.3 Å². The first-order valence-corrected chi connectivity index (χ1v) is 7.87. The van der Waals surface area contributed by atoms with Crippen molar-refractivity contribution in [3.63, 3.8) is 0 Å². The summed E-state index contributed by atoms with van der Waals surface area (Å²) in [7, 11) is 0. The summed E-state index contributed by atoms with van der Waals surface area (Å²) in [5.74, 6) is 1.19. The molecule has 2 aromatic rings. The highest BCUT2D eigenvalue weighted by Crippen LogP contribution is 2.29. The summed E-state index contributed by atoms with van der Waals surface area (Å²) in [4.78, 5) is 3.26. The zero-order valence-electron chi connectivity index (χ0n) is 10.3. The number of hydrogen-bond donors (Lipinski definition) is 0. The molecule has 0 unspecified atom stereocenters. The maximum Gasteiger partial charge on any atom is 0.110 e. The maximum absolute atomic E-state index is 8.82. The molecule has 0 fully saturated rings. The third-order valence-electron chi connectivity index (χ3n) is 2.62. The second-order valence-corrected chi connectivity index (χ2v) is 6.25. The summed E-state index contributed by atoms with van der Waals surface area (Å²) in [6, 6.07) is 14.7. The highest BCUT2D eigenvalue weighted by molar-refractivity contribution is 7.99. The highest BCUT2D eigenvalue weighted by Gasteiger charge is 2.02. The van der Waals surface area contributed by atoms with Gasteiger partial charge in [-0.25, -0.2) is 0 Å². The van der Waals surface area contributed by atoms with Gasteiger partial charge in [0.1, 0.15) is 10.9 Å². The molecule has 0 saturated heterocycles. The van der Waals surface area contributed by atoms with E-state index < -0.39 is 0 Å². The van der Waals surface area contributed by atoms with Crippen LogP contribution in [0.3, 0.4) is 0 Å². The second kappa shape index (κ2) is 6.63. The molecule has 0 radical (unpaired) electrons. The first kappa shape index (κ1) is 13.2. The van der Waals surface area contributed by atoms with Crippen LogP contribution in [0.15, 0.2) is 41.3 Å². The normalized spacial score (nSPS) is 10.2. The molecule has 18 heavy (non-hydrogen) atoms. The fourth-order valence-corrected chi connectivity index (χ4v) is 3.41. The third kappa shape index (κ3) is 3.38. The van der Waals surface area contributed by atoms with Crippen molar-refractivity contribution in [1.82, 2.24) is 0 Å². The van der Waals surface area contributed by atoms with E-state index in [-0.39, 0.29) is 0 Å². The first-order valence-electron chi connectivity index (χ1n) is 6.06. The van der Waals surface area contributed by atoms with Gasteiger partial charge in [0.2, 0.25) is 0 Å². The third-order valence-corrected chi connectivity index (χ3v) is 4.76. The monoisotopic (exact) mass is 273 g/mol. The first-order chi connectivity index (χ1) is 8.83. The molecular weight excluding hydrogens is 258 g/mol. The molecule has 0 amide bonds. The Morgan fingerprint density at radius 3 is 2.56 bits per heavy atom. The molecule has 2 rings (SSSR count). The molecular formula is C15H15NS2. The number of benzene rings is 1. The lowest BCUT2D eigenvalue weighted by molar-refractivity contribution is 0.896. The molecule has 0 saturated carbocycles. The topological polar surface area (TPSA) is 23.8 Å². The van der Waals surface area contributed by atoms with Crippen molar-refractivity contribution in [3.8, 4) is 16.5 Å². The van der Waals surface area contributed by atoms with Crippen LogP contribution in [-0.2, 0) is 0 Å². The van der Waals surface area contributed by atoms with Crippen molar-refractivity contribution >= 4 is 23.1 Å². The van der Waals surface area contributed by atoms with E-state index in [1.165, 1.54) is 29.1 Å². The molecule has 0 atom stereocenters. The minimum Gasteiger partial charge on any atom is -0.192 e. The van der Waals surface area contributed by atoms with Crippen LogP contribution in [0, 0.1) is 11.3 Å².